The number of aromatic carboxylic acids is 1. The second-order valence-electron chi connectivity index (χ2n) is 5.97. The highest BCUT2D eigenvalue weighted by Gasteiger charge is 2.32. The fraction of sp³-hybridized carbons (Fsp3) is 0.467. The Morgan fingerprint density at radius 2 is 2.13 bits per heavy atom. The Kier molecular flexibility index (Phi) is 3.89. The van der Waals surface area contributed by atoms with E-state index >= 15 is 0 Å². The van der Waals surface area contributed by atoms with Crippen LogP contribution in [0.15, 0.2) is 21.3 Å². The molecule has 0 aliphatic heterocycles. The molecule has 122 valence electrons. The Labute approximate surface area is 131 Å². The quantitative estimate of drug-likeness (QED) is 0.838. The van der Waals surface area contributed by atoms with E-state index in [2.05, 4.69) is 15.5 Å². The van der Waals surface area contributed by atoms with Gasteiger partial charge in [0.05, 0.1) is 5.56 Å². The van der Waals surface area contributed by atoms with Crippen LogP contribution in [0, 0.1) is 5.92 Å². The number of amides is 1. The van der Waals surface area contributed by atoms with E-state index < -0.39 is 17.9 Å². The molecule has 2 aromatic heterocycles. The van der Waals surface area contributed by atoms with E-state index in [1.54, 1.807) is 0 Å². The molecule has 8 heteroatoms. The maximum absolute atomic E-state index is 12.2. The molecule has 2 N–H and O–H groups in total. The third kappa shape index (κ3) is 3.25. The van der Waals surface area contributed by atoms with Gasteiger partial charge in [-0.1, -0.05) is 19.0 Å². The number of aromatic nitrogens is 2. The maximum atomic E-state index is 12.2. The maximum Gasteiger partial charge on any atom is 0.338 e. The molecule has 1 amide bonds. The summed E-state index contributed by atoms with van der Waals surface area (Å²) in [6, 6.07) is 0.708. The number of hydrogen-bond acceptors (Lipinski definition) is 6. The Morgan fingerprint density at radius 3 is 2.70 bits per heavy atom. The molecular weight excluding hydrogens is 302 g/mol. The molecule has 1 unspecified atom stereocenters. The molecule has 1 aliphatic carbocycles. The number of nitrogens with one attached hydrogen (secondary N) is 1. The fourth-order valence-electron chi connectivity index (χ4n) is 2.17. The lowest BCUT2D eigenvalue weighted by Gasteiger charge is -2.17. The Morgan fingerprint density at radius 1 is 1.39 bits per heavy atom. The van der Waals surface area contributed by atoms with Crippen molar-refractivity contribution in [3.05, 3.63) is 35.4 Å². The minimum absolute atomic E-state index is 0.0142. The second kappa shape index (κ2) is 5.86. The van der Waals surface area contributed by atoms with Crippen molar-refractivity contribution in [1.29, 1.82) is 0 Å². The number of nitrogens with zero attached hydrogens (tertiary/aromatic N) is 2. The second-order valence-corrected chi connectivity index (χ2v) is 5.97. The summed E-state index contributed by atoms with van der Waals surface area (Å²) in [6.07, 6.45) is 3.14. The normalized spacial score (nSPS) is 15.6. The van der Waals surface area contributed by atoms with Crippen LogP contribution in [-0.4, -0.2) is 27.1 Å². The lowest BCUT2D eigenvalue weighted by molar-refractivity contribution is 0.0695. The summed E-state index contributed by atoms with van der Waals surface area (Å²) in [5.74, 6) is -0.359. The number of carbonyl (C=O) groups is 2. The zero-order valence-corrected chi connectivity index (χ0v) is 12.8. The smallest absolute Gasteiger partial charge is 0.338 e. The van der Waals surface area contributed by atoms with Gasteiger partial charge in [0.2, 0.25) is 5.89 Å². The van der Waals surface area contributed by atoms with Crippen molar-refractivity contribution in [1.82, 2.24) is 15.5 Å². The first kappa shape index (κ1) is 15.3. The van der Waals surface area contributed by atoms with Crippen LogP contribution in [-0.2, 0) is 0 Å². The molecule has 2 heterocycles. The monoisotopic (exact) mass is 319 g/mol. The van der Waals surface area contributed by atoms with Crippen LogP contribution >= 0.6 is 0 Å². The van der Waals surface area contributed by atoms with Crippen molar-refractivity contribution in [3.63, 3.8) is 0 Å². The Balaban J connectivity index is 1.75. The summed E-state index contributed by atoms with van der Waals surface area (Å²) < 4.78 is 10.3. The van der Waals surface area contributed by atoms with Crippen LogP contribution in [0.3, 0.4) is 0 Å². The zero-order chi connectivity index (χ0) is 16.6. The standard InChI is InChI=1S/C15H17N3O5/c1-7(2)11(14-17-12(18-23-14)8-3-4-8)16-13(19)10-5-9(6-22-10)15(20)21/h5-8,11H,3-4H2,1-2H3,(H,16,19)(H,20,21). The molecule has 1 fully saturated rings. The van der Waals surface area contributed by atoms with Crippen molar-refractivity contribution in [2.24, 2.45) is 5.92 Å². The summed E-state index contributed by atoms with van der Waals surface area (Å²) >= 11 is 0. The molecule has 0 aromatic carbocycles. The minimum atomic E-state index is -1.15. The summed E-state index contributed by atoms with van der Waals surface area (Å²) in [7, 11) is 0. The highest BCUT2D eigenvalue weighted by atomic mass is 16.5. The van der Waals surface area contributed by atoms with Crippen LogP contribution in [0.5, 0.6) is 0 Å². The van der Waals surface area contributed by atoms with Crippen molar-refractivity contribution in [2.45, 2.75) is 38.6 Å². The first-order valence-corrected chi connectivity index (χ1v) is 7.42. The van der Waals surface area contributed by atoms with E-state index in [1.807, 2.05) is 13.8 Å². The topological polar surface area (TPSA) is 118 Å². The number of rotatable bonds is 6. The van der Waals surface area contributed by atoms with Gasteiger partial charge in [-0.15, -0.1) is 0 Å². The largest absolute Gasteiger partial charge is 0.478 e. The lowest BCUT2D eigenvalue weighted by atomic mass is 10.0. The average Bonchev–Trinajstić information content (AvgIpc) is 3.04. The first-order valence-electron chi connectivity index (χ1n) is 7.42. The Hall–Kier alpha value is -2.64. The van der Waals surface area contributed by atoms with Gasteiger partial charge in [-0.3, -0.25) is 4.79 Å². The van der Waals surface area contributed by atoms with Crippen molar-refractivity contribution in [2.75, 3.05) is 0 Å². The molecular formula is C15H17N3O5. The van der Waals surface area contributed by atoms with Crippen molar-refractivity contribution < 1.29 is 23.6 Å². The highest BCUT2D eigenvalue weighted by Crippen LogP contribution is 2.38. The van der Waals surface area contributed by atoms with E-state index in [-0.39, 0.29) is 17.2 Å². The summed E-state index contributed by atoms with van der Waals surface area (Å²) in [4.78, 5) is 27.4. The number of furan rings is 1. The number of carboxylic acid groups (broad SMARTS) is 1. The molecule has 0 radical (unpaired) electrons. The molecule has 0 bridgehead atoms. The van der Waals surface area contributed by atoms with Gasteiger partial charge >= 0.3 is 5.97 Å². The van der Waals surface area contributed by atoms with Gasteiger partial charge in [-0.2, -0.15) is 4.98 Å². The predicted octanol–water partition coefficient (Wildman–Crippen LogP) is 2.37. The summed E-state index contributed by atoms with van der Waals surface area (Å²) in [5, 5.41) is 15.6. The molecule has 0 spiro atoms. The third-order valence-corrected chi connectivity index (χ3v) is 3.69. The van der Waals surface area contributed by atoms with Crippen LogP contribution in [0.2, 0.25) is 0 Å². The summed E-state index contributed by atoms with van der Waals surface area (Å²) in [5.41, 5.74) is -0.0787. The molecule has 2 aromatic rings. The summed E-state index contributed by atoms with van der Waals surface area (Å²) in [6.45, 7) is 3.83. The minimum Gasteiger partial charge on any atom is -0.478 e. The molecule has 0 saturated heterocycles. The van der Waals surface area contributed by atoms with Crippen LogP contribution < -0.4 is 5.32 Å². The number of carbonyl (C=O) groups excluding carboxylic acids is 1. The van der Waals surface area contributed by atoms with E-state index in [0.717, 1.165) is 19.1 Å². The van der Waals surface area contributed by atoms with Gasteiger partial charge < -0.3 is 19.4 Å². The number of carboxylic acids is 1. The molecule has 1 aliphatic rings. The number of hydrogen-bond donors (Lipinski definition) is 2. The average molecular weight is 319 g/mol. The van der Waals surface area contributed by atoms with Gasteiger partial charge in [0.25, 0.3) is 5.91 Å². The molecule has 8 nitrogen and oxygen atoms in total. The zero-order valence-electron chi connectivity index (χ0n) is 12.8. The van der Waals surface area contributed by atoms with Crippen LogP contribution in [0.1, 0.15) is 71.3 Å². The Bertz CT molecular complexity index is 729. The molecule has 1 saturated carbocycles. The van der Waals surface area contributed by atoms with E-state index in [9.17, 15) is 9.59 Å². The lowest BCUT2D eigenvalue weighted by Crippen LogP contribution is -2.31. The fourth-order valence-corrected chi connectivity index (χ4v) is 2.17. The van der Waals surface area contributed by atoms with E-state index in [1.165, 1.54) is 6.07 Å². The van der Waals surface area contributed by atoms with Crippen LogP contribution in [0.25, 0.3) is 0 Å². The van der Waals surface area contributed by atoms with Gasteiger partial charge in [-0.05, 0) is 18.8 Å². The van der Waals surface area contributed by atoms with Gasteiger partial charge in [-0.25, -0.2) is 4.79 Å². The first-order chi connectivity index (χ1) is 11.0. The predicted molar refractivity (Wildman–Crippen MR) is 77.0 cm³/mol. The highest BCUT2D eigenvalue weighted by molar-refractivity contribution is 5.95. The van der Waals surface area contributed by atoms with Crippen molar-refractivity contribution >= 4 is 11.9 Å². The molecule has 1 atom stereocenters. The molecule has 23 heavy (non-hydrogen) atoms. The van der Waals surface area contributed by atoms with E-state index in [0.29, 0.717) is 17.6 Å². The van der Waals surface area contributed by atoms with Crippen molar-refractivity contribution in [3.8, 4) is 0 Å². The van der Waals surface area contributed by atoms with Crippen LogP contribution in [0.4, 0.5) is 0 Å². The van der Waals surface area contributed by atoms with Gasteiger partial charge in [0.1, 0.15) is 12.3 Å². The molecule has 3 rings (SSSR count). The van der Waals surface area contributed by atoms with Gasteiger partial charge in [0.15, 0.2) is 11.6 Å². The van der Waals surface area contributed by atoms with E-state index in [4.69, 9.17) is 14.0 Å². The SMILES string of the molecule is CC(C)C(NC(=O)c1cc(C(=O)O)co1)c1nc(C2CC2)no1. The third-order valence-electron chi connectivity index (χ3n) is 3.69. The van der Waals surface area contributed by atoms with Gasteiger partial charge in [0, 0.05) is 12.0 Å².